The van der Waals surface area contributed by atoms with Crippen LogP contribution in [-0.4, -0.2) is 29.7 Å². The molecule has 1 atom stereocenters. The number of urea groups is 1. The van der Waals surface area contributed by atoms with Crippen LogP contribution < -0.4 is 10.2 Å². The molecule has 1 saturated heterocycles. The summed E-state index contributed by atoms with van der Waals surface area (Å²) in [5.74, 6) is -0.967. The molecule has 0 aromatic heterocycles. The van der Waals surface area contributed by atoms with Crippen LogP contribution in [0.15, 0.2) is 24.3 Å². The second-order valence-electron chi connectivity index (χ2n) is 3.81. The molecule has 16 heavy (non-hydrogen) atoms. The van der Waals surface area contributed by atoms with Crippen LogP contribution in [0.1, 0.15) is 17.3 Å². The summed E-state index contributed by atoms with van der Waals surface area (Å²) in [4.78, 5) is 23.8. The Hall–Kier alpha value is -2.04. The molecular weight excluding hydrogens is 208 g/mol. The summed E-state index contributed by atoms with van der Waals surface area (Å²) in [6, 6.07) is 6.24. The summed E-state index contributed by atoms with van der Waals surface area (Å²) in [5, 5.41) is 11.5. The molecule has 0 spiro atoms. The molecule has 0 bridgehead atoms. The maximum absolute atomic E-state index is 11.5. The minimum Gasteiger partial charge on any atom is -0.478 e. The number of nitrogens with one attached hydrogen (secondary N) is 1. The van der Waals surface area contributed by atoms with Gasteiger partial charge in [0.25, 0.3) is 0 Å². The third-order valence-corrected chi connectivity index (χ3v) is 2.50. The minimum absolute atomic E-state index is 0.117. The summed E-state index contributed by atoms with van der Waals surface area (Å²) in [6.07, 6.45) is 0. The highest BCUT2D eigenvalue weighted by Crippen LogP contribution is 2.18. The van der Waals surface area contributed by atoms with Gasteiger partial charge >= 0.3 is 12.0 Å². The number of nitrogens with zero attached hydrogens (tertiary/aromatic N) is 1. The molecule has 1 fully saturated rings. The predicted molar refractivity (Wildman–Crippen MR) is 58.7 cm³/mol. The van der Waals surface area contributed by atoms with Crippen LogP contribution in [0.3, 0.4) is 0 Å². The molecule has 1 aliphatic rings. The standard InChI is InChI=1S/C11H12N2O3/c1-7-6-13(11(16)12-7)9-4-2-8(3-5-9)10(14)15/h2-5,7H,6H2,1H3,(H,12,16)(H,14,15). The highest BCUT2D eigenvalue weighted by atomic mass is 16.4. The Morgan fingerprint density at radius 1 is 1.44 bits per heavy atom. The molecule has 2 amide bonds. The second-order valence-corrected chi connectivity index (χ2v) is 3.81. The maximum atomic E-state index is 11.5. The van der Waals surface area contributed by atoms with Crippen LogP contribution in [0.25, 0.3) is 0 Å². The van der Waals surface area contributed by atoms with Gasteiger partial charge in [-0.3, -0.25) is 4.90 Å². The molecule has 0 saturated carbocycles. The van der Waals surface area contributed by atoms with Crippen molar-refractivity contribution in [1.29, 1.82) is 0 Å². The topological polar surface area (TPSA) is 69.6 Å². The number of aromatic carboxylic acids is 1. The summed E-state index contributed by atoms with van der Waals surface area (Å²) in [7, 11) is 0. The molecule has 5 heteroatoms. The fourth-order valence-electron chi connectivity index (χ4n) is 1.70. The van der Waals surface area contributed by atoms with Crippen LogP contribution in [0.4, 0.5) is 10.5 Å². The lowest BCUT2D eigenvalue weighted by Crippen LogP contribution is -2.28. The van der Waals surface area contributed by atoms with E-state index in [0.717, 1.165) is 0 Å². The molecule has 1 aliphatic heterocycles. The lowest BCUT2D eigenvalue weighted by Gasteiger charge is -2.14. The van der Waals surface area contributed by atoms with Crippen molar-refractivity contribution in [2.75, 3.05) is 11.4 Å². The van der Waals surface area contributed by atoms with Crippen molar-refractivity contribution in [2.24, 2.45) is 0 Å². The Bertz CT molecular complexity index is 427. The van der Waals surface area contributed by atoms with E-state index in [1.54, 1.807) is 17.0 Å². The number of carbonyl (C=O) groups excluding carboxylic acids is 1. The van der Waals surface area contributed by atoms with Crippen molar-refractivity contribution in [2.45, 2.75) is 13.0 Å². The van der Waals surface area contributed by atoms with E-state index in [1.165, 1.54) is 12.1 Å². The number of amides is 2. The lowest BCUT2D eigenvalue weighted by atomic mass is 10.2. The van der Waals surface area contributed by atoms with Gasteiger partial charge in [0.1, 0.15) is 0 Å². The number of rotatable bonds is 2. The summed E-state index contributed by atoms with van der Waals surface area (Å²) >= 11 is 0. The first kappa shape index (κ1) is 10.5. The third-order valence-electron chi connectivity index (χ3n) is 2.50. The van der Waals surface area contributed by atoms with E-state index in [2.05, 4.69) is 5.32 Å². The molecule has 1 heterocycles. The Morgan fingerprint density at radius 2 is 2.06 bits per heavy atom. The van der Waals surface area contributed by atoms with Crippen molar-refractivity contribution in [1.82, 2.24) is 5.32 Å². The average Bonchev–Trinajstić information content (AvgIpc) is 2.58. The van der Waals surface area contributed by atoms with Gasteiger partial charge in [-0.25, -0.2) is 9.59 Å². The van der Waals surface area contributed by atoms with Gasteiger partial charge in [-0.15, -0.1) is 0 Å². The van der Waals surface area contributed by atoms with Crippen molar-refractivity contribution < 1.29 is 14.7 Å². The van der Waals surface area contributed by atoms with E-state index >= 15 is 0 Å². The number of carbonyl (C=O) groups is 2. The van der Waals surface area contributed by atoms with Crippen molar-refractivity contribution in [3.63, 3.8) is 0 Å². The van der Waals surface area contributed by atoms with Crippen LogP contribution in [0.2, 0.25) is 0 Å². The first-order valence-corrected chi connectivity index (χ1v) is 4.99. The quantitative estimate of drug-likeness (QED) is 0.789. The number of benzene rings is 1. The number of carboxylic acid groups (broad SMARTS) is 1. The van der Waals surface area contributed by atoms with Gasteiger partial charge in [0.05, 0.1) is 5.56 Å². The highest BCUT2D eigenvalue weighted by molar-refractivity contribution is 5.95. The highest BCUT2D eigenvalue weighted by Gasteiger charge is 2.26. The normalized spacial score (nSPS) is 19.7. The molecule has 1 aromatic rings. The van der Waals surface area contributed by atoms with Gasteiger partial charge in [-0.2, -0.15) is 0 Å². The van der Waals surface area contributed by atoms with Gasteiger partial charge in [-0.05, 0) is 31.2 Å². The van der Waals surface area contributed by atoms with E-state index in [4.69, 9.17) is 5.11 Å². The van der Waals surface area contributed by atoms with E-state index in [0.29, 0.717) is 12.2 Å². The predicted octanol–water partition coefficient (Wildman–Crippen LogP) is 1.30. The maximum Gasteiger partial charge on any atom is 0.335 e. The zero-order valence-corrected chi connectivity index (χ0v) is 8.80. The molecule has 0 radical (unpaired) electrons. The van der Waals surface area contributed by atoms with Crippen LogP contribution >= 0.6 is 0 Å². The fourth-order valence-corrected chi connectivity index (χ4v) is 1.70. The largest absolute Gasteiger partial charge is 0.478 e. The SMILES string of the molecule is CC1CN(c2ccc(C(=O)O)cc2)C(=O)N1. The zero-order valence-electron chi connectivity index (χ0n) is 8.80. The number of hydrogen-bond acceptors (Lipinski definition) is 2. The van der Waals surface area contributed by atoms with Gasteiger partial charge in [0, 0.05) is 18.3 Å². The lowest BCUT2D eigenvalue weighted by molar-refractivity contribution is 0.0697. The van der Waals surface area contributed by atoms with E-state index in [9.17, 15) is 9.59 Å². The van der Waals surface area contributed by atoms with Gasteiger partial charge in [-0.1, -0.05) is 0 Å². The Kier molecular flexibility index (Phi) is 2.52. The van der Waals surface area contributed by atoms with E-state index < -0.39 is 5.97 Å². The molecule has 0 aliphatic carbocycles. The molecular formula is C11H12N2O3. The number of carboxylic acids is 1. The third kappa shape index (κ3) is 1.84. The molecule has 5 nitrogen and oxygen atoms in total. The Morgan fingerprint density at radius 3 is 2.50 bits per heavy atom. The second kappa shape index (κ2) is 3.84. The zero-order chi connectivity index (χ0) is 11.7. The number of anilines is 1. The van der Waals surface area contributed by atoms with Crippen molar-refractivity contribution in [3.8, 4) is 0 Å². The van der Waals surface area contributed by atoms with Gasteiger partial charge < -0.3 is 10.4 Å². The summed E-state index contributed by atoms with van der Waals surface area (Å²) < 4.78 is 0. The van der Waals surface area contributed by atoms with Crippen molar-refractivity contribution >= 4 is 17.7 Å². The minimum atomic E-state index is -0.967. The first-order valence-electron chi connectivity index (χ1n) is 4.99. The fraction of sp³-hybridized carbons (Fsp3) is 0.273. The average molecular weight is 220 g/mol. The van der Waals surface area contributed by atoms with Gasteiger partial charge in [0.2, 0.25) is 0 Å². The first-order chi connectivity index (χ1) is 7.58. The van der Waals surface area contributed by atoms with Gasteiger partial charge in [0.15, 0.2) is 0 Å². The number of hydrogen-bond donors (Lipinski definition) is 2. The molecule has 2 N–H and O–H groups in total. The van der Waals surface area contributed by atoms with Crippen LogP contribution in [0, 0.1) is 0 Å². The van der Waals surface area contributed by atoms with Crippen molar-refractivity contribution in [3.05, 3.63) is 29.8 Å². The summed E-state index contributed by atoms with van der Waals surface area (Å²) in [6.45, 7) is 2.52. The molecule has 1 aromatic carbocycles. The molecule has 84 valence electrons. The molecule has 1 unspecified atom stereocenters. The van der Waals surface area contributed by atoms with E-state index in [1.807, 2.05) is 6.92 Å². The monoisotopic (exact) mass is 220 g/mol. The van der Waals surface area contributed by atoms with Crippen LogP contribution in [0.5, 0.6) is 0 Å². The van der Waals surface area contributed by atoms with Crippen LogP contribution in [-0.2, 0) is 0 Å². The smallest absolute Gasteiger partial charge is 0.335 e. The Labute approximate surface area is 92.7 Å². The van der Waals surface area contributed by atoms with E-state index in [-0.39, 0.29) is 17.6 Å². The summed E-state index contributed by atoms with van der Waals surface area (Å²) in [5.41, 5.74) is 0.934. The Balaban J connectivity index is 2.22. The molecule has 2 rings (SSSR count).